The molecule has 8 heteroatoms. The van der Waals surface area contributed by atoms with Gasteiger partial charge in [0.1, 0.15) is 6.33 Å². The summed E-state index contributed by atoms with van der Waals surface area (Å²) in [7, 11) is 0. The van der Waals surface area contributed by atoms with Crippen LogP contribution in [0.25, 0.3) is 0 Å². The molecular weight excluding hydrogens is 370 g/mol. The fourth-order valence-electron chi connectivity index (χ4n) is 2.81. The number of carbonyl (C=O) groups is 2. The van der Waals surface area contributed by atoms with Gasteiger partial charge in [-0.15, -0.1) is 5.10 Å². The number of anilines is 1. The number of hydrogen-bond donors (Lipinski definition) is 1. The van der Waals surface area contributed by atoms with Gasteiger partial charge in [0.15, 0.2) is 12.6 Å². The molecular formula is C21H23N5O3. The summed E-state index contributed by atoms with van der Waals surface area (Å²) in [5.41, 5.74) is 2.76. The zero-order valence-corrected chi connectivity index (χ0v) is 16.4. The smallest absolute Gasteiger partial charge is 0.331 e. The van der Waals surface area contributed by atoms with Gasteiger partial charge < -0.3 is 10.1 Å². The number of hydrogen-bond acceptors (Lipinski definition) is 6. The minimum absolute atomic E-state index is 0.350. The Hall–Kier alpha value is -3.55. The maximum atomic E-state index is 12.6. The molecule has 3 rings (SSSR count). The Morgan fingerprint density at radius 2 is 1.79 bits per heavy atom. The minimum Gasteiger partial charge on any atom is -0.454 e. The van der Waals surface area contributed by atoms with Crippen molar-refractivity contribution in [3.8, 4) is 0 Å². The maximum Gasteiger partial charge on any atom is 0.331 e. The average molecular weight is 393 g/mol. The number of rotatable bonds is 8. The number of tetrazole rings is 1. The molecule has 8 nitrogen and oxygen atoms in total. The Kier molecular flexibility index (Phi) is 6.67. The van der Waals surface area contributed by atoms with Crippen LogP contribution in [0.15, 0.2) is 60.9 Å². The van der Waals surface area contributed by atoms with Crippen LogP contribution in [-0.4, -0.2) is 38.7 Å². The first kappa shape index (κ1) is 20.2. The summed E-state index contributed by atoms with van der Waals surface area (Å²) in [6.45, 7) is 3.81. The van der Waals surface area contributed by atoms with Crippen molar-refractivity contribution in [2.75, 3.05) is 11.9 Å². The monoisotopic (exact) mass is 393 g/mol. The zero-order valence-electron chi connectivity index (χ0n) is 16.4. The van der Waals surface area contributed by atoms with Gasteiger partial charge in [0, 0.05) is 12.1 Å². The third kappa shape index (κ3) is 5.71. The Morgan fingerprint density at radius 3 is 2.41 bits per heavy atom. The number of carbonyl (C=O) groups excluding carboxylic acids is 2. The van der Waals surface area contributed by atoms with Crippen molar-refractivity contribution in [1.82, 2.24) is 20.2 Å². The van der Waals surface area contributed by atoms with Gasteiger partial charge in [-0.3, -0.25) is 4.79 Å². The van der Waals surface area contributed by atoms with Crippen LogP contribution < -0.4 is 5.32 Å². The lowest BCUT2D eigenvalue weighted by Gasteiger charge is -2.15. The highest BCUT2D eigenvalue weighted by Gasteiger charge is 2.24. The van der Waals surface area contributed by atoms with Crippen LogP contribution in [0.5, 0.6) is 0 Å². The summed E-state index contributed by atoms with van der Waals surface area (Å²) in [4.78, 5) is 24.8. The molecule has 1 amide bonds. The minimum atomic E-state index is -0.759. The summed E-state index contributed by atoms with van der Waals surface area (Å²) >= 11 is 0. The number of aromatic nitrogens is 4. The van der Waals surface area contributed by atoms with Crippen molar-refractivity contribution in [3.05, 3.63) is 72.1 Å². The highest BCUT2D eigenvalue weighted by atomic mass is 16.5. The van der Waals surface area contributed by atoms with E-state index in [4.69, 9.17) is 4.74 Å². The Morgan fingerprint density at radius 1 is 1.07 bits per heavy atom. The molecule has 1 atom stereocenters. The number of benzene rings is 2. The first-order valence-corrected chi connectivity index (χ1v) is 9.36. The van der Waals surface area contributed by atoms with Crippen molar-refractivity contribution >= 4 is 17.6 Å². The van der Waals surface area contributed by atoms with Crippen LogP contribution in [0, 0.1) is 0 Å². The normalized spacial score (nSPS) is 11.8. The molecule has 3 aromatic rings. The Bertz CT molecular complexity index is 925. The molecule has 1 N–H and O–H groups in total. The second-order valence-electron chi connectivity index (χ2n) is 6.93. The largest absolute Gasteiger partial charge is 0.454 e. The standard InChI is InChI=1S/C21H23N5O3/c1-15(2)17-8-10-18(11-9-17)23-20(27)13-29-21(28)19(26-14-22-24-25-26)12-16-6-4-3-5-7-16/h3-11,14-15,19H,12-13H2,1-2H3,(H,23,27)/t19-/m0/s1. The van der Waals surface area contributed by atoms with Crippen LogP contribution in [0.3, 0.4) is 0 Å². The van der Waals surface area contributed by atoms with E-state index in [1.807, 2.05) is 54.6 Å². The van der Waals surface area contributed by atoms with Crippen molar-refractivity contribution in [2.45, 2.75) is 32.2 Å². The lowest BCUT2D eigenvalue weighted by Crippen LogP contribution is -2.28. The average Bonchev–Trinajstić information content (AvgIpc) is 3.26. The van der Waals surface area contributed by atoms with Gasteiger partial charge >= 0.3 is 5.97 Å². The van der Waals surface area contributed by atoms with Gasteiger partial charge in [0.25, 0.3) is 5.91 Å². The number of esters is 1. The van der Waals surface area contributed by atoms with Gasteiger partial charge in [0.2, 0.25) is 0 Å². The lowest BCUT2D eigenvalue weighted by molar-refractivity contribution is -0.151. The van der Waals surface area contributed by atoms with Gasteiger partial charge in [-0.1, -0.05) is 56.3 Å². The molecule has 0 unspecified atom stereocenters. The molecule has 0 saturated carbocycles. The fourth-order valence-corrected chi connectivity index (χ4v) is 2.81. The van der Waals surface area contributed by atoms with E-state index in [1.165, 1.54) is 16.6 Å². The van der Waals surface area contributed by atoms with Crippen LogP contribution in [0.2, 0.25) is 0 Å². The van der Waals surface area contributed by atoms with Gasteiger partial charge in [-0.2, -0.15) is 0 Å². The molecule has 2 aromatic carbocycles. The topological polar surface area (TPSA) is 99.0 Å². The first-order chi connectivity index (χ1) is 14.0. The van der Waals surface area contributed by atoms with E-state index in [0.29, 0.717) is 18.0 Å². The van der Waals surface area contributed by atoms with Gasteiger partial charge in [-0.05, 0) is 39.6 Å². The van der Waals surface area contributed by atoms with E-state index in [9.17, 15) is 9.59 Å². The molecule has 0 bridgehead atoms. The van der Waals surface area contributed by atoms with Crippen LogP contribution in [-0.2, 0) is 20.7 Å². The number of amides is 1. The molecule has 1 aromatic heterocycles. The van der Waals surface area contributed by atoms with E-state index >= 15 is 0 Å². The Labute approximate surface area is 168 Å². The molecule has 0 aliphatic rings. The third-order valence-electron chi connectivity index (χ3n) is 4.43. The van der Waals surface area contributed by atoms with Crippen molar-refractivity contribution in [2.24, 2.45) is 0 Å². The van der Waals surface area contributed by atoms with E-state index in [2.05, 4.69) is 34.7 Å². The molecule has 0 radical (unpaired) electrons. The van der Waals surface area contributed by atoms with Crippen LogP contribution in [0.4, 0.5) is 5.69 Å². The summed E-state index contributed by atoms with van der Waals surface area (Å²) in [6, 6.07) is 16.3. The SMILES string of the molecule is CC(C)c1ccc(NC(=O)COC(=O)[C@H](Cc2ccccc2)n2cnnn2)cc1. The van der Waals surface area contributed by atoms with E-state index in [0.717, 1.165) is 5.56 Å². The summed E-state index contributed by atoms with van der Waals surface area (Å²) in [5.74, 6) is -0.578. The predicted octanol–water partition coefficient (Wildman–Crippen LogP) is 2.76. The molecule has 0 spiro atoms. The zero-order chi connectivity index (χ0) is 20.6. The quantitative estimate of drug-likeness (QED) is 0.591. The highest BCUT2D eigenvalue weighted by Crippen LogP contribution is 2.17. The van der Waals surface area contributed by atoms with Crippen molar-refractivity contribution in [1.29, 1.82) is 0 Å². The lowest BCUT2D eigenvalue weighted by atomic mass is 10.0. The fraction of sp³-hybridized carbons (Fsp3) is 0.286. The number of nitrogens with one attached hydrogen (secondary N) is 1. The predicted molar refractivity (Wildman–Crippen MR) is 107 cm³/mol. The Balaban J connectivity index is 1.58. The molecule has 0 aliphatic carbocycles. The van der Waals surface area contributed by atoms with Gasteiger partial charge in [-0.25, -0.2) is 9.48 Å². The molecule has 0 aliphatic heterocycles. The molecule has 29 heavy (non-hydrogen) atoms. The number of ether oxygens (including phenoxy) is 1. The first-order valence-electron chi connectivity index (χ1n) is 9.36. The second-order valence-corrected chi connectivity index (χ2v) is 6.93. The summed E-state index contributed by atoms with van der Waals surface area (Å²) < 4.78 is 6.56. The summed E-state index contributed by atoms with van der Waals surface area (Å²) in [5, 5.41) is 13.7. The van der Waals surface area contributed by atoms with E-state index in [1.54, 1.807) is 0 Å². The molecule has 0 fully saturated rings. The molecule has 150 valence electrons. The maximum absolute atomic E-state index is 12.6. The van der Waals surface area contributed by atoms with Crippen molar-refractivity contribution in [3.63, 3.8) is 0 Å². The molecule has 1 heterocycles. The van der Waals surface area contributed by atoms with Crippen LogP contribution in [0.1, 0.15) is 36.9 Å². The summed E-state index contributed by atoms with van der Waals surface area (Å²) in [6.07, 6.45) is 1.70. The van der Waals surface area contributed by atoms with E-state index < -0.39 is 24.5 Å². The number of nitrogens with zero attached hydrogens (tertiary/aromatic N) is 4. The second kappa shape index (κ2) is 9.59. The van der Waals surface area contributed by atoms with Crippen LogP contribution >= 0.6 is 0 Å². The molecule has 0 saturated heterocycles. The van der Waals surface area contributed by atoms with Gasteiger partial charge in [0.05, 0.1) is 0 Å². The highest BCUT2D eigenvalue weighted by molar-refractivity contribution is 5.93. The van der Waals surface area contributed by atoms with E-state index in [-0.39, 0.29) is 0 Å². The third-order valence-corrected chi connectivity index (χ3v) is 4.43. The van der Waals surface area contributed by atoms with Crippen molar-refractivity contribution < 1.29 is 14.3 Å².